The Balaban J connectivity index is 2.06. The van der Waals surface area contributed by atoms with Crippen LogP contribution in [0.3, 0.4) is 0 Å². The Labute approximate surface area is 104 Å². The number of halogens is 2. The summed E-state index contributed by atoms with van der Waals surface area (Å²) in [6.07, 6.45) is 2.92. The van der Waals surface area contributed by atoms with Crippen LogP contribution in [0.5, 0.6) is 5.75 Å². The third kappa shape index (κ3) is 1.38. The van der Waals surface area contributed by atoms with Crippen LogP contribution in [0.15, 0.2) is 10.5 Å². The van der Waals surface area contributed by atoms with E-state index in [1.807, 2.05) is 0 Å². The van der Waals surface area contributed by atoms with Crippen molar-refractivity contribution in [1.82, 2.24) is 4.90 Å². The Bertz CT molecular complexity index is 420. The fourth-order valence-corrected chi connectivity index (χ4v) is 3.74. The van der Waals surface area contributed by atoms with Gasteiger partial charge in [-0.05, 0) is 37.4 Å². The lowest BCUT2D eigenvalue weighted by Gasteiger charge is -2.29. The molecule has 2 unspecified atom stereocenters. The van der Waals surface area contributed by atoms with Crippen molar-refractivity contribution in [2.45, 2.75) is 30.2 Å². The standard InChI is InChI=1S/C11H13Cl2NO2/c12-7-5-11(2-1-3-14(11)6-7)10-8(15)4-9(13)16-10/h4,7,15H,1-3,5-6H2. The molecule has 2 fully saturated rings. The Morgan fingerprint density at radius 1 is 1.56 bits per heavy atom. The molecule has 0 spiro atoms. The molecule has 5 heteroatoms. The van der Waals surface area contributed by atoms with E-state index in [0.717, 1.165) is 32.4 Å². The molecule has 0 bridgehead atoms. The highest BCUT2D eigenvalue weighted by Gasteiger charge is 2.52. The number of hydrogen-bond acceptors (Lipinski definition) is 3. The van der Waals surface area contributed by atoms with Gasteiger partial charge in [-0.3, -0.25) is 4.90 Å². The topological polar surface area (TPSA) is 36.6 Å². The van der Waals surface area contributed by atoms with Gasteiger partial charge in [0.2, 0.25) is 0 Å². The van der Waals surface area contributed by atoms with Crippen LogP contribution in [0.1, 0.15) is 25.0 Å². The number of nitrogens with zero attached hydrogens (tertiary/aromatic N) is 1. The first-order chi connectivity index (χ1) is 7.62. The summed E-state index contributed by atoms with van der Waals surface area (Å²) in [7, 11) is 0. The molecule has 1 aromatic heterocycles. The third-order valence-electron chi connectivity index (χ3n) is 3.71. The van der Waals surface area contributed by atoms with E-state index >= 15 is 0 Å². The van der Waals surface area contributed by atoms with Gasteiger partial charge in [0.05, 0.1) is 5.54 Å². The predicted octanol–water partition coefficient (Wildman–Crippen LogP) is 2.94. The molecule has 3 rings (SSSR count). The minimum atomic E-state index is -0.219. The van der Waals surface area contributed by atoms with Crippen LogP contribution < -0.4 is 0 Å². The summed E-state index contributed by atoms with van der Waals surface area (Å²) < 4.78 is 5.47. The molecule has 3 heterocycles. The molecular weight excluding hydrogens is 249 g/mol. The maximum atomic E-state index is 9.87. The van der Waals surface area contributed by atoms with Gasteiger partial charge in [-0.15, -0.1) is 11.6 Å². The van der Waals surface area contributed by atoms with Crippen molar-refractivity contribution in [3.05, 3.63) is 17.0 Å². The van der Waals surface area contributed by atoms with Gasteiger partial charge in [-0.1, -0.05) is 0 Å². The molecule has 2 aliphatic rings. The molecule has 1 aromatic rings. The van der Waals surface area contributed by atoms with Crippen LogP contribution >= 0.6 is 23.2 Å². The van der Waals surface area contributed by atoms with Crippen molar-refractivity contribution in [3.63, 3.8) is 0 Å². The lowest BCUT2D eigenvalue weighted by atomic mass is 9.90. The minimum Gasteiger partial charge on any atom is -0.504 e. The van der Waals surface area contributed by atoms with Crippen molar-refractivity contribution >= 4 is 23.2 Å². The fourth-order valence-electron chi connectivity index (χ4n) is 3.14. The zero-order valence-corrected chi connectivity index (χ0v) is 10.3. The molecule has 2 atom stereocenters. The molecule has 88 valence electrons. The summed E-state index contributed by atoms with van der Waals surface area (Å²) >= 11 is 12.0. The van der Waals surface area contributed by atoms with Crippen molar-refractivity contribution < 1.29 is 9.52 Å². The van der Waals surface area contributed by atoms with Gasteiger partial charge >= 0.3 is 0 Å². The van der Waals surface area contributed by atoms with Crippen molar-refractivity contribution in [2.75, 3.05) is 13.1 Å². The maximum Gasteiger partial charge on any atom is 0.197 e. The zero-order valence-electron chi connectivity index (χ0n) is 8.75. The van der Waals surface area contributed by atoms with Gasteiger partial charge in [-0.2, -0.15) is 0 Å². The Kier molecular flexibility index (Phi) is 2.39. The molecule has 0 aliphatic carbocycles. The molecular formula is C11H13Cl2NO2. The van der Waals surface area contributed by atoms with E-state index in [-0.39, 0.29) is 21.9 Å². The van der Waals surface area contributed by atoms with Crippen LogP contribution in [-0.2, 0) is 5.54 Å². The number of rotatable bonds is 1. The van der Waals surface area contributed by atoms with Gasteiger partial charge < -0.3 is 9.52 Å². The van der Waals surface area contributed by atoms with Gasteiger partial charge in [0, 0.05) is 18.0 Å². The van der Waals surface area contributed by atoms with E-state index < -0.39 is 0 Å². The Morgan fingerprint density at radius 3 is 3.06 bits per heavy atom. The van der Waals surface area contributed by atoms with Crippen molar-refractivity contribution in [2.24, 2.45) is 0 Å². The van der Waals surface area contributed by atoms with E-state index in [4.69, 9.17) is 27.6 Å². The summed E-state index contributed by atoms with van der Waals surface area (Å²) in [5.74, 6) is 0.751. The minimum absolute atomic E-state index is 0.128. The van der Waals surface area contributed by atoms with E-state index in [2.05, 4.69) is 4.90 Å². The van der Waals surface area contributed by atoms with Crippen LogP contribution in [0.4, 0.5) is 0 Å². The van der Waals surface area contributed by atoms with E-state index in [0.29, 0.717) is 5.76 Å². The average molecular weight is 262 g/mol. The average Bonchev–Trinajstić information content (AvgIpc) is 2.78. The summed E-state index contributed by atoms with van der Waals surface area (Å²) in [5.41, 5.74) is -0.219. The summed E-state index contributed by atoms with van der Waals surface area (Å²) in [4.78, 5) is 2.31. The maximum absolute atomic E-state index is 9.87. The largest absolute Gasteiger partial charge is 0.504 e. The van der Waals surface area contributed by atoms with Gasteiger partial charge in [0.1, 0.15) is 0 Å². The first kappa shape index (κ1) is 10.8. The summed E-state index contributed by atoms with van der Waals surface area (Å²) in [5, 5.41) is 10.2. The second-order valence-electron chi connectivity index (χ2n) is 4.65. The highest BCUT2D eigenvalue weighted by atomic mass is 35.5. The number of alkyl halides is 1. The molecule has 2 saturated heterocycles. The normalized spacial score (nSPS) is 34.5. The predicted molar refractivity (Wildman–Crippen MR) is 62.1 cm³/mol. The van der Waals surface area contributed by atoms with Crippen LogP contribution in [0.2, 0.25) is 5.22 Å². The number of aromatic hydroxyl groups is 1. The SMILES string of the molecule is Oc1cc(Cl)oc1C12CCCN1CC(Cl)C2. The number of hydrogen-bond donors (Lipinski definition) is 1. The lowest BCUT2D eigenvalue weighted by molar-refractivity contribution is 0.157. The Morgan fingerprint density at radius 2 is 2.38 bits per heavy atom. The molecule has 0 amide bonds. The quantitative estimate of drug-likeness (QED) is 0.790. The van der Waals surface area contributed by atoms with Crippen LogP contribution in [-0.4, -0.2) is 28.5 Å². The highest BCUT2D eigenvalue weighted by Crippen LogP contribution is 2.51. The first-order valence-corrected chi connectivity index (χ1v) is 6.31. The van der Waals surface area contributed by atoms with E-state index in [1.54, 1.807) is 0 Å². The molecule has 3 nitrogen and oxygen atoms in total. The molecule has 0 saturated carbocycles. The highest BCUT2D eigenvalue weighted by molar-refractivity contribution is 6.29. The molecule has 2 aliphatic heterocycles. The number of fused-ring (bicyclic) bond motifs is 1. The second kappa shape index (κ2) is 3.56. The zero-order chi connectivity index (χ0) is 11.3. The first-order valence-electron chi connectivity index (χ1n) is 5.50. The van der Waals surface area contributed by atoms with E-state index in [1.165, 1.54) is 6.07 Å². The van der Waals surface area contributed by atoms with Crippen LogP contribution in [0.25, 0.3) is 0 Å². The van der Waals surface area contributed by atoms with Crippen LogP contribution in [0, 0.1) is 0 Å². The molecule has 1 N–H and O–H groups in total. The van der Waals surface area contributed by atoms with Gasteiger partial charge in [-0.25, -0.2) is 0 Å². The summed E-state index contributed by atoms with van der Waals surface area (Å²) in [6, 6.07) is 1.46. The molecule has 0 radical (unpaired) electrons. The van der Waals surface area contributed by atoms with Crippen molar-refractivity contribution in [3.8, 4) is 5.75 Å². The second-order valence-corrected chi connectivity index (χ2v) is 5.64. The molecule has 0 aromatic carbocycles. The smallest absolute Gasteiger partial charge is 0.197 e. The van der Waals surface area contributed by atoms with Gasteiger partial charge in [0.25, 0.3) is 0 Å². The summed E-state index contributed by atoms with van der Waals surface area (Å²) in [6.45, 7) is 1.88. The number of furan rings is 1. The monoisotopic (exact) mass is 261 g/mol. The van der Waals surface area contributed by atoms with E-state index in [9.17, 15) is 5.11 Å². The fraction of sp³-hybridized carbons (Fsp3) is 0.636. The third-order valence-corrected chi connectivity index (χ3v) is 4.19. The van der Waals surface area contributed by atoms with Gasteiger partial charge in [0.15, 0.2) is 16.7 Å². The molecule has 16 heavy (non-hydrogen) atoms. The lowest BCUT2D eigenvalue weighted by Crippen LogP contribution is -2.34. The van der Waals surface area contributed by atoms with Crippen molar-refractivity contribution in [1.29, 1.82) is 0 Å². The Hall–Kier alpha value is -0.380.